The predicted octanol–water partition coefficient (Wildman–Crippen LogP) is 3.28. The lowest BCUT2D eigenvalue weighted by Crippen LogP contribution is -2.42. The highest BCUT2D eigenvalue weighted by molar-refractivity contribution is 7.89. The lowest BCUT2D eigenvalue weighted by atomic mass is 9.75. The van der Waals surface area contributed by atoms with E-state index in [0.29, 0.717) is 31.2 Å². The Bertz CT molecular complexity index is 936. The van der Waals surface area contributed by atoms with Crippen LogP contribution in [0.3, 0.4) is 0 Å². The minimum Gasteiger partial charge on any atom is -0.481 e. The maximum Gasteiger partial charge on any atom is 0.307 e. The zero-order chi connectivity index (χ0) is 20.9. The monoisotopic (exact) mass is 437 g/mol. The van der Waals surface area contributed by atoms with Crippen molar-refractivity contribution in [2.24, 2.45) is 5.41 Å². The highest BCUT2D eigenvalue weighted by Gasteiger charge is 2.34. The highest BCUT2D eigenvalue weighted by Crippen LogP contribution is 2.34. The van der Waals surface area contributed by atoms with E-state index in [4.69, 9.17) is 21.4 Å². The molecule has 6 nitrogen and oxygen atoms in total. The topological polar surface area (TPSA) is 92.7 Å². The summed E-state index contributed by atoms with van der Waals surface area (Å²) in [6.07, 6.45) is 2.16. The molecule has 2 aromatic carbocycles. The van der Waals surface area contributed by atoms with Crippen LogP contribution in [-0.4, -0.2) is 39.3 Å². The number of rotatable bonds is 8. The number of ether oxygens (including phenoxy) is 1. The first kappa shape index (κ1) is 21.8. The summed E-state index contributed by atoms with van der Waals surface area (Å²) in [6, 6.07) is 13.6. The van der Waals surface area contributed by atoms with Crippen molar-refractivity contribution in [2.75, 3.05) is 19.8 Å². The largest absolute Gasteiger partial charge is 0.481 e. The van der Waals surface area contributed by atoms with Gasteiger partial charge in [-0.1, -0.05) is 35.9 Å². The summed E-state index contributed by atoms with van der Waals surface area (Å²) in [6.45, 7) is 1.47. The number of carboxylic acids is 1. The third kappa shape index (κ3) is 6.02. The van der Waals surface area contributed by atoms with Crippen molar-refractivity contribution in [1.82, 2.24) is 4.72 Å². The first-order chi connectivity index (χ1) is 13.8. The van der Waals surface area contributed by atoms with E-state index in [1.54, 1.807) is 12.1 Å². The van der Waals surface area contributed by atoms with Gasteiger partial charge in [0.15, 0.2) is 0 Å². The van der Waals surface area contributed by atoms with Crippen molar-refractivity contribution < 1.29 is 23.1 Å². The van der Waals surface area contributed by atoms with Crippen molar-refractivity contribution in [1.29, 1.82) is 0 Å². The van der Waals surface area contributed by atoms with Gasteiger partial charge in [0.2, 0.25) is 10.0 Å². The number of sulfonamides is 1. The minimum absolute atomic E-state index is 0.0137. The normalized spacial score (nSPS) is 16.4. The number of halogens is 1. The van der Waals surface area contributed by atoms with Gasteiger partial charge in [0, 0.05) is 24.8 Å². The average Bonchev–Trinajstić information content (AvgIpc) is 2.69. The molecule has 0 amide bonds. The zero-order valence-corrected chi connectivity index (χ0v) is 17.5. The van der Waals surface area contributed by atoms with Crippen LogP contribution in [-0.2, 0) is 32.4 Å². The van der Waals surface area contributed by atoms with Gasteiger partial charge in [-0.25, -0.2) is 13.1 Å². The maximum absolute atomic E-state index is 12.7. The van der Waals surface area contributed by atoms with Crippen molar-refractivity contribution in [3.63, 3.8) is 0 Å². The predicted molar refractivity (Wildman–Crippen MR) is 111 cm³/mol. The van der Waals surface area contributed by atoms with E-state index in [1.807, 2.05) is 24.3 Å². The molecule has 0 radical (unpaired) electrons. The first-order valence-corrected chi connectivity index (χ1v) is 11.3. The van der Waals surface area contributed by atoms with Crippen LogP contribution in [0.15, 0.2) is 53.4 Å². The Morgan fingerprint density at radius 3 is 2.21 bits per heavy atom. The summed E-state index contributed by atoms with van der Waals surface area (Å²) in [5, 5.41) is 9.39. The van der Waals surface area contributed by atoms with Gasteiger partial charge in [-0.3, -0.25) is 4.79 Å². The van der Waals surface area contributed by atoms with E-state index in [-0.39, 0.29) is 16.7 Å². The molecule has 0 bridgehead atoms. The van der Waals surface area contributed by atoms with Crippen molar-refractivity contribution in [3.8, 4) is 0 Å². The molecule has 0 unspecified atom stereocenters. The third-order valence-electron chi connectivity index (χ3n) is 5.27. The Kier molecular flexibility index (Phi) is 6.95. The Balaban J connectivity index is 1.73. The number of nitrogens with one attached hydrogen (secondary N) is 1. The number of hydrogen-bond donors (Lipinski definition) is 2. The number of carboxylic acid groups (broad SMARTS) is 1. The average molecular weight is 438 g/mol. The summed E-state index contributed by atoms with van der Waals surface area (Å²) in [5.74, 6) is -0.866. The molecular weight excluding hydrogens is 414 g/mol. The fraction of sp³-hybridized carbons (Fsp3) is 0.381. The van der Waals surface area contributed by atoms with Gasteiger partial charge < -0.3 is 9.84 Å². The summed E-state index contributed by atoms with van der Waals surface area (Å²) >= 11 is 5.85. The van der Waals surface area contributed by atoms with Crippen molar-refractivity contribution in [3.05, 3.63) is 64.7 Å². The summed E-state index contributed by atoms with van der Waals surface area (Å²) < 4.78 is 33.6. The van der Waals surface area contributed by atoms with E-state index in [2.05, 4.69) is 4.72 Å². The second kappa shape index (κ2) is 9.26. The molecule has 0 saturated carbocycles. The van der Waals surface area contributed by atoms with Crippen molar-refractivity contribution in [2.45, 2.75) is 30.6 Å². The van der Waals surface area contributed by atoms with Gasteiger partial charge >= 0.3 is 5.97 Å². The maximum atomic E-state index is 12.7. The molecule has 1 aliphatic heterocycles. The van der Waals surface area contributed by atoms with Crippen LogP contribution in [0.1, 0.15) is 24.0 Å². The standard InChI is InChI=1S/C21H24ClNO5S/c22-18-5-7-19(8-6-18)29(26,27)23-15-21(9-11-28-12-10-21)14-17-3-1-16(2-4-17)13-20(24)25/h1-8,23H,9-15H2,(H,24,25). The molecule has 2 N–H and O–H groups in total. The molecule has 1 saturated heterocycles. The third-order valence-corrected chi connectivity index (χ3v) is 6.94. The lowest BCUT2D eigenvalue weighted by Gasteiger charge is -2.37. The van der Waals surface area contributed by atoms with Gasteiger partial charge in [-0.05, 0) is 60.1 Å². The quantitative estimate of drug-likeness (QED) is 0.661. The Labute approximate surface area is 175 Å². The molecule has 156 valence electrons. The Hall–Kier alpha value is -1.93. The number of benzene rings is 2. The summed E-state index contributed by atoms with van der Waals surface area (Å²) in [7, 11) is -3.64. The lowest BCUT2D eigenvalue weighted by molar-refractivity contribution is -0.136. The van der Waals surface area contributed by atoms with Crippen LogP contribution in [0.4, 0.5) is 0 Å². The fourth-order valence-electron chi connectivity index (χ4n) is 3.55. The second-order valence-electron chi connectivity index (χ2n) is 7.45. The molecule has 1 fully saturated rings. The Morgan fingerprint density at radius 2 is 1.62 bits per heavy atom. The zero-order valence-electron chi connectivity index (χ0n) is 15.9. The number of hydrogen-bond acceptors (Lipinski definition) is 4. The van der Waals surface area contributed by atoms with E-state index < -0.39 is 16.0 Å². The molecule has 1 heterocycles. The van der Waals surface area contributed by atoms with Crippen LogP contribution in [0.5, 0.6) is 0 Å². The molecule has 29 heavy (non-hydrogen) atoms. The Morgan fingerprint density at radius 1 is 1.03 bits per heavy atom. The molecule has 0 atom stereocenters. The number of aliphatic carboxylic acids is 1. The molecular formula is C21H24ClNO5S. The second-order valence-corrected chi connectivity index (χ2v) is 9.66. The highest BCUT2D eigenvalue weighted by atomic mass is 35.5. The summed E-state index contributed by atoms with van der Waals surface area (Å²) in [4.78, 5) is 11.0. The van der Waals surface area contributed by atoms with Crippen LogP contribution in [0.2, 0.25) is 5.02 Å². The molecule has 1 aliphatic rings. The van der Waals surface area contributed by atoms with Crippen molar-refractivity contribution >= 4 is 27.6 Å². The minimum atomic E-state index is -3.64. The first-order valence-electron chi connectivity index (χ1n) is 9.41. The van der Waals surface area contributed by atoms with E-state index in [9.17, 15) is 13.2 Å². The van der Waals surface area contributed by atoms with Gasteiger partial charge in [0.25, 0.3) is 0 Å². The molecule has 0 aromatic heterocycles. The van der Waals surface area contributed by atoms with Crippen LogP contribution in [0, 0.1) is 5.41 Å². The van der Waals surface area contributed by atoms with Gasteiger partial charge in [0.05, 0.1) is 11.3 Å². The van der Waals surface area contributed by atoms with E-state index in [1.165, 1.54) is 12.1 Å². The van der Waals surface area contributed by atoms with Gasteiger partial charge in [0.1, 0.15) is 0 Å². The van der Waals surface area contributed by atoms with Gasteiger partial charge in [-0.2, -0.15) is 0 Å². The molecule has 2 aromatic rings. The molecule has 0 aliphatic carbocycles. The van der Waals surface area contributed by atoms with Crippen LogP contribution >= 0.6 is 11.6 Å². The number of carbonyl (C=O) groups is 1. The molecule has 8 heteroatoms. The van der Waals surface area contributed by atoms with Gasteiger partial charge in [-0.15, -0.1) is 0 Å². The van der Waals surface area contributed by atoms with Crippen LogP contribution in [0.25, 0.3) is 0 Å². The molecule has 3 rings (SSSR count). The fourth-order valence-corrected chi connectivity index (χ4v) is 4.83. The summed E-state index contributed by atoms with van der Waals surface area (Å²) in [5.41, 5.74) is 1.53. The van der Waals surface area contributed by atoms with Crippen LogP contribution < -0.4 is 4.72 Å². The SMILES string of the molecule is O=C(O)Cc1ccc(CC2(CNS(=O)(=O)c3ccc(Cl)cc3)CCOCC2)cc1. The smallest absolute Gasteiger partial charge is 0.307 e. The van der Waals surface area contributed by atoms with E-state index in [0.717, 1.165) is 24.0 Å². The van der Waals surface area contributed by atoms with E-state index >= 15 is 0 Å². The molecule has 0 spiro atoms.